The fourth-order valence-corrected chi connectivity index (χ4v) is 2.33. The first-order valence-corrected chi connectivity index (χ1v) is 7.38. The number of hydrogen-bond acceptors (Lipinski definition) is 3. The Kier molecular flexibility index (Phi) is 7.54. The number of halogens is 1. The summed E-state index contributed by atoms with van der Waals surface area (Å²) in [6.45, 7) is 6.10. The van der Waals surface area contributed by atoms with Crippen LogP contribution in [0.2, 0.25) is 0 Å². The van der Waals surface area contributed by atoms with E-state index < -0.39 is 0 Å². The summed E-state index contributed by atoms with van der Waals surface area (Å²) in [7, 11) is 0. The van der Waals surface area contributed by atoms with Crippen LogP contribution in [0, 0.1) is 0 Å². The minimum Gasteiger partial charge on any atom is -0.484 e. The highest BCUT2D eigenvalue weighted by Crippen LogP contribution is 2.19. The molecule has 0 radical (unpaired) electrons. The highest BCUT2D eigenvalue weighted by atomic mass is 35.5. The largest absolute Gasteiger partial charge is 0.484 e. The standard InChI is InChI=1S/C16H24N2O2.ClH/c1-12(2)13-5-3-7-15(9-13)20-11-16(19)18-10-14-6-4-8-17-14;/h3,5,7,9,12,14,17H,4,6,8,10-11H2,1-2H3,(H,18,19);1H. The van der Waals surface area contributed by atoms with Gasteiger partial charge in [-0.25, -0.2) is 0 Å². The number of ether oxygens (including phenoxy) is 1. The van der Waals surface area contributed by atoms with Gasteiger partial charge in [-0.05, 0) is 43.0 Å². The van der Waals surface area contributed by atoms with Crippen LogP contribution in [0.3, 0.4) is 0 Å². The van der Waals surface area contributed by atoms with E-state index in [1.54, 1.807) is 0 Å². The molecule has 5 heteroatoms. The summed E-state index contributed by atoms with van der Waals surface area (Å²) < 4.78 is 5.54. The Balaban J connectivity index is 0.00000220. The Morgan fingerprint density at radius 1 is 1.48 bits per heavy atom. The number of amides is 1. The Bertz CT molecular complexity index is 446. The van der Waals surface area contributed by atoms with Crippen LogP contribution in [-0.2, 0) is 4.79 Å². The van der Waals surface area contributed by atoms with E-state index in [4.69, 9.17) is 4.74 Å². The number of carbonyl (C=O) groups excluding carboxylic acids is 1. The Hall–Kier alpha value is -1.26. The first-order valence-electron chi connectivity index (χ1n) is 7.38. The van der Waals surface area contributed by atoms with Crippen molar-refractivity contribution in [1.82, 2.24) is 10.6 Å². The molecule has 1 aromatic rings. The van der Waals surface area contributed by atoms with Gasteiger partial charge in [-0.15, -0.1) is 12.4 Å². The zero-order valence-electron chi connectivity index (χ0n) is 12.7. The van der Waals surface area contributed by atoms with Crippen LogP contribution >= 0.6 is 12.4 Å². The van der Waals surface area contributed by atoms with Crippen LogP contribution in [0.25, 0.3) is 0 Å². The van der Waals surface area contributed by atoms with Crippen molar-refractivity contribution in [3.05, 3.63) is 29.8 Å². The van der Waals surface area contributed by atoms with Crippen LogP contribution in [0.5, 0.6) is 5.75 Å². The Labute approximate surface area is 133 Å². The van der Waals surface area contributed by atoms with Gasteiger partial charge < -0.3 is 15.4 Å². The summed E-state index contributed by atoms with van der Waals surface area (Å²) in [5.74, 6) is 1.15. The molecule has 4 nitrogen and oxygen atoms in total. The van der Waals surface area contributed by atoms with Gasteiger partial charge in [0.15, 0.2) is 6.61 Å². The van der Waals surface area contributed by atoms with Crippen molar-refractivity contribution in [2.45, 2.75) is 38.6 Å². The number of rotatable bonds is 6. The Morgan fingerprint density at radius 2 is 2.29 bits per heavy atom. The summed E-state index contributed by atoms with van der Waals surface area (Å²) in [5.41, 5.74) is 1.22. The molecule has 1 atom stereocenters. The average Bonchev–Trinajstić information content (AvgIpc) is 2.96. The van der Waals surface area contributed by atoms with Gasteiger partial charge in [-0.2, -0.15) is 0 Å². The second kappa shape index (κ2) is 8.90. The molecule has 1 fully saturated rings. The molecular weight excluding hydrogens is 288 g/mol. The van der Waals surface area contributed by atoms with Crippen LogP contribution in [0.1, 0.15) is 38.2 Å². The highest BCUT2D eigenvalue weighted by molar-refractivity contribution is 5.85. The maximum Gasteiger partial charge on any atom is 0.257 e. The van der Waals surface area contributed by atoms with Crippen LogP contribution < -0.4 is 15.4 Å². The summed E-state index contributed by atoms with van der Waals surface area (Å²) in [6.07, 6.45) is 2.33. The van der Waals surface area contributed by atoms with E-state index in [1.165, 1.54) is 12.0 Å². The fourth-order valence-electron chi connectivity index (χ4n) is 2.33. The lowest BCUT2D eigenvalue weighted by atomic mass is 10.0. The van der Waals surface area contributed by atoms with E-state index in [2.05, 4.69) is 30.5 Å². The van der Waals surface area contributed by atoms with Gasteiger partial charge in [0.2, 0.25) is 0 Å². The molecule has 2 N–H and O–H groups in total. The first-order chi connectivity index (χ1) is 9.65. The molecule has 0 bridgehead atoms. The second-order valence-electron chi connectivity index (χ2n) is 5.61. The average molecular weight is 313 g/mol. The van der Waals surface area contributed by atoms with Crippen molar-refractivity contribution >= 4 is 18.3 Å². The maximum atomic E-state index is 11.7. The molecule has 0 spiro atoms. The van der Waals surface area contributed by atoms with Crippen molar-refractivity contribution in [2.24, 2.45) is 0 Å². The molecule has 1 amide bonds. The van der Waals surface area contributed by atoms with Gasteiger partial charge in [0, 0.05) is 12.6 Å². The van der Waals surface area contributed by atoms with Crippen LogP contribution in [-0.4, -0.2) is 31.6 Å². The zero-order chi connectivity index (χ0) is 14.4. The third-order valence-electron chi connectivity index (χ3n) is 3.60. The number of carbonyl (C=O) groups is 1. The number of hydrogen-bond donors (Lipinski definition) is 2. The van der Waals surface area contributed by atoms with Gasteiger partial charge in [-0.1, -0.05) is 26.0 Å². The minimum absolute atomic E-state index is 0. The summed E-state index contributed by atoms with van der Waals surface area (Å²) in [5, 5.41) is 6.26. The van der Waals surface area contributed by atoms with E-state index in [0.717, 1.165) is 18.7 Å². The molecule has 21 heavy (non-hydrogen) atoms. The minimum atomic E-state index is -0.0614. The molecule has 1 unspecified atom stereocenters. The fraction of sp³-hybridized carbons (Fsp3) is 0.562. The van der Waals surface area contributed by atoms with E-state index in [-0.39, 0.29) is 24.9 Å². The third-order valence-corrected chi connectivity index (χ3v) is 3.60. The van der Waals surface area contributed by atoms with Gasteiger partial charge >= 0.3 is 0 Å². The van der Waals surface area contributed by atoms with E-state index in [1.807, 2.05) is 18.2 Å². The van der Waals surface area contributed by atoms with Crippen molar-refractivity contribution in [3.63, 3.8) is 0 Å². The first kappa shape index (κ1) is 17.8. The van der Waals surface area contributed by atoms with Gasteiger partial charge in [0.1, 0.15) is 5.75 Å². The van der Waals surface area contributed by atoms with Gasteiger partial charge in [0.05, 0.1) is 0 Å². The van der Waals surface area contributed by atoms with Crippen molar-refractivity contribution in [1.29, 1.82) is 0 Å². The SMILES string of the molecule is CC(C)c1cccc(OCC(=O)NCC2CCCN2)c1.Cl. The maximum absolute atomic E-state index is 11.7. The van der Waals surface area contributed by atoms with Gasteiger partial charge in [-0.3, -0.25) is 4.79 Å². The topological polar surface area (TPSA) is 50.4 Å². The van der Waals surface area contributed by atoms with Crippen molar-refractivity contribution < 1.29 is 9.53 Å². The molecule has 1 aliphatic rings. The van der Waals surface area contributed by atoms with Crippen molar-refractivity contribution in [2.75, 3.05) is 19.7 Å². The molecule has 0 aliphatic carbocycles. The lowest BCUT2D eigenvalue weighted by Crippen LogP contribution is -2.39. The summed E-state index contributed by atoms with van der Waals surface area (Å²) in [4.78, 5) is 11.7. The normalized spacial score (nSPS) is 17.4. The predicted octanol–water partition coefficient (Wildman–Crippen LogP) is 2.48. The number of benzene rings is 1. The number of nitrogens with one attached hydrogen (secondary N) is 2. The summed E-state index contributed by atoms with van der Waals surface area (Å²) >= 11 is 0. The third kappa shape index (κ3) is 5.94. The smallest absolute Gasteiger partial charge is 0.257 e. The summed E-state index contributed by atoms with van der Waals surface area (Å²) in [6, 6.07) is 8.34. The molecule has 2 rings (SSSR count). The van der Waals surface area contributed by atoms with Crippen LogP contribution in [0.4, 0.5) is 0 Å². The lowest BCUT2D eigenvalue weighted by Gasteiger charge is -2.13. The highest BCUT2D eigenvalue weighted by Gasteiger charge is 2.14. The molecule has 0 aromatic heterocycles. The molecular formula is C16H25ClN2O2. The zero-order valence-corrected chi connectivity index (χ0v) is 13.5. The Morgan fingerprint density at radius 3 is 2.95 bits per heavy atom. The molecule has 1 aromatic carbocycles. The van der Waals surface area contributed by atoms with Gasteiger partial charge in [0.25, 0.3) is 5.91 Å². The molecule has 1 saturated heterocycles. The molecule has 0 saturated carbocycles. The quantitative estimate of drug-likeness (QED) is 0.848. The van der Waals surface area contributed by atoms with Crippen molar-refractivity contribution in [3.8, 4) is 5.75 Å². The van der Waals surface area contributed by atoms with E-state index >= 15 is 0 Å². The monoisotopic (exact) mass is 312 g/mol. The molecule has 1 aliphatic heterocycles. The van der Waals surface area contributed by atoms with Crippen LogP contribution in [0.15, 0.2) is 24.3 Å². The second-order valence-corrected chi connectivity index (χ2v) is 5.61. The predicted molar refractivity (Wildman–Crippen MR) is 87.3 cm³/mol. The lowest BCUT2D eigenvalue weighted by molar-refractivity contribution is -0.123. The molecule has 118 valence electrons. The van der Waals surface area contributed by atoms with E-state index in [9.17, 15) is 4.79 Å². The molecule has 1 heterocycles. The van der Waals surface area contributed by atoms with E-state index in [0.29, 0.717) is 18.5 Å².